The number of carbonyl (C=O) groups excluding carboxylic acids is 3. The van der Waals surface area contributed by atoms with Crippen molar-refractivity contribution in [2.45, 2.75) is 254 Å². The first-order valence-electron chi connectivity index (χ1n) is 50.4. The van der Waals surface area contributed by atoms with Crippen molar-refractivity contribution in [2.75, 3.05) is 85.8 Å². The van der Waals surface area contributed by atoms with Crippen LogP contribution in [0.1, 0.15) is 220 Å². The molecular formula is C104H142ClIN16O15S12. The van der Waals surface area contributed by atoms with E-state index in [9.17, 15) is 34.8 Å². The Morgan fingerprint density at radius 2 is 0.805 bits per heavy atom. The van der Waals surface area contributed by atoms with Crippen LogP contribution in [0.25, 0.3) is 0 Å². The maximum atomic E-state index is 15.0. The maximum absolute atomic E-state index is 15.0. The van der Waals surface area contributed by atoms with Crippen LogP contribution < -0.4 is 28.3 Å². The molecule has 31 nitrogen and oxygen atoms in total. The van der Waals surface area contributed by atoms with Gasteiger partial charge in [0, 0.05) is 193 Å². The number of thiocarbonyl (C=S) groups is 1. The maximum Gasteiger partial charge on any atom is 0.264 e. The Morgan fingerprint density at radius 3 is 1.14 bits per heavy atom. The first-order valence-corrected chi connectivity index (χ1v) is 64.3. The van der Waals surface area contributed by atoms with Gasteiger partial charge in [-0.1, -0.05) is 105 Å². The molecule has 22 rings (SSSR count). The number of aryl methyl sites for hydroxylation is 5. The second-order valence-corrected chi connectivity index (χ2v) is 54.1. The number of aromatic nitrogens is 7. The van der Waals surface area contributed by atoms with Gasteiger partial charge in [-0.3, -0.25) is 37.5 Å². The Hall–Kier alpha value is -6.59. The molecule has 3 atom stereocenters. The summed E-state index contributed by atoms with van der Waals surface area (Å²) in [5, 5.41) is 36.9. The van der Waals surface area contributed by atoms with E-state index in [4.69, 9.17) is 47.3 Å². The van der Waals surface area contributed by atoms with Crippen LogP contribution in [0.5, 0.6) is 0 Å². The minimum absolute atomic E-state index is 0. The summed E-state index contributed by atoms with van der Waals surface area (Å²) in [5.41, 5.74) is 19.5. The molecule has 3 aliphatic heterocycles. The number of thioether (sulfide) groups is 1. The van der Waals surface area contributed by atoms with E-state index < -0.39 is 45.9 Å². The van der Waals surface area contributed by atoms with Crippen LogP contribution >= 0.6 is 138 Å². The second-order valence-electron chi connectivity index (χ2n) is 39.4. The minimum atomic E-state index is -3.30. The van der Waals surface area contributed by atoms with Crippen molar-refractivity contribution in [1.29, 1.82) is 0 Å². The number of methoxy groups -OCH3 is 3. The van der Waals surface area contributed by atoms with Crippen LogP contribution in [0.15, 0.2) is 146 Å². The van der Waals surface area contributed by atoms with E-state index in [2.05, 4.69) is 125 Å². The molecule has 3 amide bonds. The Bertz CT molecular complexity index is 6250. The van der Waals surface area contributed by atoms with Crippen LogP contribution in [0.4, 0.5) is 0 Å². The number of benzene rings is 3. The van der Waals surface area contributed by atoms with E-state index in [1.54, 1.807) is 112 Å². The third kappa shape index (κ3) is 31.9. The van der Waals surface area contributed by atoms with Gasteiger partial charge < -0.3 is 47.6 Å². The molecule has 10 aromatic rings. The number of thiazole rings is 7. The van der Waals surface area contributed by atoms with Crippen molar-refractivity contribution in [1.82, 2.24) is 61.5 Å². The lowest BCUT2D eigenvalue weighted by Crippen LogP contribution is -2.56. The lowest BCUT2D eigenvalue weighted by atomic mass is 9.61. The molecule has 1 saturated heterocycles. The average molecular weight is 2400 g/mol. The van der Waals surface area contributed by atoms with Crippen LogP contribution in [0, 0.1) is 40.9 Å². The van der Waals surface area contributed by atoms with Gasteiger partial charge in [0.2, 0.25) is 9.05 Å². The highest BCUT2D eigenvalue weighted by molar-refractivity contribution is 14.0. The molecule has 10 heterocycles. The van der Waals surface area contributed by atoms with E-state index in [1.807, 2.05) is 75.2 Å². The van der Waals surface area contributed by atoms with Gasteiger partial charge in [-0.2, -0.15) is 16.8 Å². The number of carbonyl (C=O) groups is 3. The normalized spacial score (nSPS) is 23.9. The summed E-state index contributed by atoms with van der Waals surface area (Å²) in [4.78, 5) is 86.4. The SMILES string of the molecule is CN.COC1CCC2(CC1)Cc1ccc(CCC3CC3)cc1C21N=C(N)N(CCc2nccs2)C1=O.COC1CCC2(CC1)Cc1ccc(CCC3CC3)cc1C21N=C(SCCc2nccs2)N(CCc2nccs2)C1=O.COC1CCC2(CC1)Cc1ccc(CCC3CC3)cc1C21NC(=S)NC1=O.CS(=O)(=O)Cl.CS(=O)(=O)OCCc1nccs1.CS(=O)(=O)OCCc1nccs1.Cc1nccs1.I.N.OCCc1nccs1. The predicted octanol–water partition coefficient (Wildman–Crippen LogP) is 18.3. The van der Waals surface area contributed by atoms with Crippen molar-refractivity contribution < 1.29 is 67.3 Å². The Kier molecular flexibility index (Phi) is 45.4. The first-order chi connectivity index (χ1) is 70.7. The molecule has 3 aromatic carbocycles. The molecule has 12 aliphatic rings. The summed E-state index contributed by atoms with van der Waals surface area (Å²) in [6, 6.07) is 20.7. The summed E-state index contributed by atoms with van der Waals surface area (Å²) >= 11 is 18.3. The number of amides is 3. The number of guanidine groups is 1. The van der Waals surface area contributed by atoms with Gasteiger partial charge in [0.05, 0.1) is 85.3 Å². The number of rotatable bonds is 31. The molecule has 45 heteroatoms. The van der Waals surface area contributed by atoms with Crippen molar-refractivity contribution in [3.63, 3.8) is 0 Å². The van der Waals surface area contributed by atoms with Crippen LogP contribution in [0.3, 0.4) is 0 Å². The Labute approximate surface area is 936 Å². The highest BCUT2D eigenvalue weighted by atomic mass is 127. The highest BCUT2D eigenvalue weighted by Gasteiger charge is 2.70. The van der Waals surface area contributed by atoms with Crippen LogP contribution in [-0.2, 0) is 160 Å². The predicted molar refractivity (Wildman–Crippen MR) is 614 cm³/mol. The number of nitrogens with one attached hydrogen (secondary N) is 2. The summed E-state index contributed by atoms with van der Waals surface area (Å²) < 4.78 is 87.0. The van der Waals surface area contributed by atoms with Gasteiger partial charge in [-0.15, -0.1) is 103 Å². The van der Waals surface area contributed by atoms with E-state index in [1.165, 1.54) is 132 Å². The lowest BCUT2D eigenvalue weighted by molar-refractivity contribution is -0.139. The van der Waals surface area contributed by atoms with E-state index in [0.29, 0.717) is 55.9 Å². The molecule has 0 bridgehead atoms. The molecule has 6 saturated carbocycles. The summed E-state index contributed by atoms with van der Waals surface area (Å²) in [7, 11) is 1.62. The van der Waals surface area contributed by atoms with Gasteiger partial charge in [0.1, 0.15) is 0 Å². The molecule has 149 heavy (non-hydrogen) atoms. The topological polar surface area (TPSA) is 453 Å². The summed E-state index contributed by atoms with van der Waals surface area (Å²) in [6.45, 7) is 3.68. The third-order valence-electron chi connectivity index (χ3n) is 29.6. The van der Waals surface area contributed by atoms with Crippen molar-refractivity contribution in [3.8, 4) is 0 Å². The zero-order valence-corrected chi connectivity index (χ0v) is 98.8. The number of halogens is 2. The number of aliphatic hydroxyl groups is 1. The average Bonchev–Trinajstić information content (AvgIpc) is 1.53. The Balaban J connectivity index is 0.000000165. The standard InChI is InChI=1S/C32H38N4O2S3.C27H34N4O2S.C22H28N2O2S.2C6H9NO3S2.C5H7NOS.C4H5NS.CH3ClO2S.CH5N.HI.H3N/c1-38-25-8-12-31(13-9-25)21-24-7-6-23(5-4-22-2-3-22)20-26(24)32(31)29(37)36(16-10-27-33-14-18-39-27)30(35-32)41-17-11-28-34-15-19-40-28;1-33-21-8-11-26(12-9-21)17-20-7-6-19(5-4-18-2-3-18)16-22(20)27(26)24(32)31(25(28)30-27)14-10-23-29-13-15-34-23;1-26-17-8-10-21(11-9-17)13-16-7-6-15(5-4-14-2-3-14)12-18(16)22(21)19(25)23-20(27)24-22;2*1-12(8,9)10-4-2-6-7-3-5-11-6;7-3-1-5-6-2-4-8-5;1-4-5-2-3-6-4;1-5(2,3)4;1-2;;/h6-7,14-15,18-20,22,25H,2-5,8-13,16-17,21H2,1H3;6-7,13,15-16,18,21H,2-5,8-12,14,17H2,1H3,(H2,28,30);6-7,12,14,17H,2-5,8-11,13H2,1H3,(H2,23,24,25,27);2*3,5H,2,4H2,1H3;2,4,7H,1,3H2;2-3H,1H3;1H3;2H2,1H3;1H;1H3. The quantitative estimate of drug-likeness (QED) is 0.0102. The lowest BCUT2D eigenvalue weighted by Gasteiger charge is -2.46. The van der Waals surface area contributed by atoms with Crippen molar-refractivity contribution >= 4 is 201 Å². The number of hydrogen-bond donors (Lipinski definition) is 6. The number of aliphatic imine (C=N–C) groups is 2. The molecular weight excluding hydrogens is 2260 g/mol. The van der Waals surface area contributed by atoms with Gasteiger partial charge in [0.15, 0.2) is 32.9 Å². The van der Waals surface area contributed by atoms with Crippen LogP contribution in [-0.4, -0.2) is 213 Å². The minimum Gasteiger partial charge on any atom is -0.396 e. The second kappa shape index (κ2) is 55.9. The molecule has 3 unspecified atom stereocenters. The fraction of sp³-hybridized carbons (Fsp3) is 0.567. The molecule has 9 aliphatic carbocycles. The fourth-order valence-corrected chi connectivity index (χ4v) is 28.1. The smallest absolute Gasteiger partial charge is 0.264 e. The van der Waals surface area contributed by atoms with Gasteiger partial charge in [-0.25, -0.2) is 48.3 Å². The number of hydrogen-bond acceptors (Lipinski definition) is 36. The zero-order valence-electron chi connectivity index (χ0n) is 85.9. The fourth-order valence-electron chi connectivity index (χ4n) is 21.8. The molecule has 7 aromatic heterocycles. The first kappa shape index (κ1) is 121. The molecule has 7 fully saturated rings. The van der Waals surface area contributed by atoms with Crippen molar-refractivity contribution in [3.05, 3.63) is 221 Å². The summed E-state index contributed by atoms with van der Waals surface area (Å²) in [5.74, 6) is 4.21. The number of fused-ring (bicyclic) bond motifs is 9. The largest absolute Gasteiger partial charge is 0.396 e. The van der Waals surface area contributed by atoms with Gasteiger partial charge in [-0.05, 0) is 229 Å². The number of aliphatic hydroxyl groups excluding tert-OH is 1. The monoisotopic (exact) mass is 2400 g/mol. The van der Waals surface area contributed by atoms with E-state index in [0.717, 1.165) is 216 Å². The molecule has 10 N–H and O–H groups in total. The number of nitrogens with zero attached hydrogens (tertiary/aromatic N) is 11. The third-order valence-corrected chi connectivity index (χ3v) is 37.7. The van der Waals surface area contributed by atoms with Gasteiger partial charge in [0.25, 0.3) is 38.0 Å². The highest BCUT2D eigenvalue weighted by Crippen LogP contribution is 2.65. The zero-order chi connectivity index (χ0) is 105. The van der Waals surface area contributed by atoms with E-state index >= 15 is 4.79 Å². The summed E-state index contributed by atoms with van der Waals surface area (Å²) in [6.07, 6.45) is 50.1. The van der Waals surface area contributed by atoms with E-state index in [-0.39, 0.29) is 96.1 Å². The van der Waals surface area contributed by atoms with Crippen LogP contribution in [0.2, 0.25) is 0 Å². The number of amidine groups is 1. The molecule has 814 valence electrons. The van der Waals surface area contributed by atoms with Gasteiger partial charge >= 0.3 is 0 Å². The van der Waals surface area contributed by atoms with Crippen molar-refractivity contribution in [2.24, 2.45) is 55.5 Å². The number of nitrogens with two attached hydrogens (primary N) is 2. The molecule has 6 spiro atoms. The number of ether oxygens (including phenoxy) is 3. The molecule has 0 radical (unpaired) electrons. The Morgan fingerprint density at radius 1 is 0.470 bits per heavy atom.